The van der Waals surface area contributed by atoms with E-state index in [1.807, 2.05) is 24.3 Å². The molecule has 1 aliphatic rings. The predicted molar refractivity (Wildman–Crippen MR) is 78.1 cm³/mol. The van der Waals surface area contributed by atoms with Crippen LogP contribution >= 0.6 is 27.7 Å². The summed E-state index contributed by atoms with van der Waals surface area (Å²) in [6, 6.07) is 11.5. The van der Waals surface area contributed by atoms with Crippen LogP contribution < -0.4 is 0 Å². The smallest absolute Gasteiger partial charge is 0.103 e. The van der Waals surface area contributed by atoms with E-state index in [0.717, 1.165) is 21.8 Å². The van der Waals surface area contributed by atoms with Crippen molar-refractivity contribution in [2.75, 3.05) is 0 Å². The second kappa shape index (κ2) is 5.56. The van der Waals surface area contributed by atoms with E-state index in [1.54, 1.807) is 0 Å². The minimum Gasteiger partial charge on any atom is -0.297 e. The molecular formula is C13H9BrN4S. The Hall–Kier alpha value is -1.63. The van der Waals surface area contributed by atoms with Crippen LogP contribution in [0.1, 0.15) is 11.5 Å². The van der Waals surface area contributed by atoms with Crippen LogP contribution in [-0.4, -0.2) is 10.1 Å². The van der Waals surface area contributed by atoms with Gasteiger partial charge in [0.1, 0.15) is 11.8 Å². The maximum atomic E-state index is 9.25. The number of nitriles is 2. The Kier molecular flexibility index (Phi) is 4.04. The topological polar surface area (TPSA) is 95.3 Å². The Morgan fingerprint density at radius 3 is 1.89 bits per heavy atom. The lowest BCUT2D eigenvalue weighted by atomic mass is 9.78. The molecule has 6 heteroatoms. The van der Waals surface area contributed by atoms with E-state index in [2.05, 4.69) is 28.1 Å². The number of nitrogens with one attached hydrogen (secondary N) is 2. The van der Waals surface area contributed by atoms with E-state index in [1.165, 1.54) is 0 Å². The highest BCUT2D eigenvalue weighted by Gasteiger charge is 2.42. The quantitative estimate of drug-likeness (QED) is 0.823. The molecule has 1 aromatic carbocycles. The first-order chi connectivity index (χ1) is 9.08. The van der Waals surface area contributed by atoms with E-state index < -0.39 is 17.8 Å². The molecule has 0 bridgehead atoms. The summed E-state index contributed by atoms with van der Waals surface area (Å²) < 4.78 is 0.911. The maximum absolute atomic E-state index is 9.25. The third kappa shape index (κ3) is 2.56. The van der Waals surface area contributed by atoms with Crippen LogP contribution in [0.5, 0.6) is 0 Å². The monoisotopic (exact) mass is 332 g/mol. The van der Waals surface area contributed by atoms with E-state index in [-0.39, 0.29) is 10.1 Å². The van der Waals surface area contributed by atoms with E-state index in [0.29, 0.717) is 0 Å². The molecule has 1 fully saturated rings. The summed E-state index contributed by atoms with van der Waals surface area (Å²) in [5.41, 5.74) is 0.816. The van der Waals surface area contributed by atoms with Crippen molar-refractivity contribution in [1.29, 1.82) is 21.3 Å². The summed E-state index contributed by atoms with van der Waals surface area (Å²) in [6.45, 7) is 0. The Bertz CT molecular complexity index is 579. The van der Waals surface area contributed by atoms with E-state index in [9.17, 15) is 10.5 Å². The molecule has 0 spiro atoms. The van der Waals surface area contributed by atoms with Gasteiger partial charge in [0, 0.05) is 10.4 Å². The molecule has 19 heavy (non-hydrogen) atoms. The lowest BCUT2D eigenvalue weighted by molar-refractivity contribution is 0.576. The summed E-state index contributed by atoms with van der Waals surface area (Å²) in [5.74, 6) is -1.76. The molecule has 1 saturated heterocycles. The SMILES string of the molecule is N#CC1C(=N)SC(=N)C(C#N)C1c1ccc(Br)cc1. The summed E-state index contributed by atoms with van der Waals surface area (Å²) in [6.07, 6.45) is 0. The predicted octanol–water partition coefficient (Wildman–Crippen LogP) is 3.51. The molecule has 0 aliphatic carbocycles. The number of nitrogens with zero attached hydrogens (tertiary/aromatic N) is 2. The van der Waals surface area contributed by atoms with Gasteiger partial charge in [0.15, 0.2) is 0 Å². The highest BCUT2D eigenvalue weighted by Crippen LogP contribution is 2.42. The van der Waals surface area contributed by atoms with Crippen molar-refractivity contribution in [3.63, 3.8) is 0 Å². The van der Waals surface area contributed by atoms with Crippen LogP contribution in [0, 0.1) is 45.3 Å². The van der Waals surface area contributed by atoms with E-state index in [4.69, 9.17) is 10.8 Å². The van der Waals surface area contributed by atoms with Crippen LogP contribution in [0.4, 0.5) is 0 Å². The van der Waals surface area contributed by atoms with Crippen LogP contribution in [-0.2, 0) is 0 Å². The Morgan fingerprint density at radius 2 is 1.47 bits per heavy atom. The van der Waals surface area contributed by atoms with Gasteiger partial charge in [-0.05, 0) is 17.7 Å². The molecule has 0 radical (unpaired) electrons. The zero-order chi connectivity index (χ0) is 14.0. The Balaban J connectivity index is 2.50. The molecule has 1 heterocycles. The molecular weight excluding hydrogens is 324 g/mol. The third-order valence-electron chi connectivity index (χ3n) is 3.04. The van der Waals surface area contributed by atoms with Crippen molar-refractivity contribution in [2.45, 2.75) is 5.92 Å². The van der Waals surface area contributed by atoms with Crippen LogP contribution in [0.15, 0.2) is 28.7 Å². The van der Waals surface area contributed by atoms with Crippen molar-refractivity contribution in [2.24, 2.45) is 11.8 Å². The first-order valence-electron chi connectivity index (χ1n) is 5.48. The Morgan fingerprint density at radius 1 is 1.00 bits per heavy atom. The maximum Gasteiger partial charge on any atom is 0.103 e. The van der Waals surface area contributed by atoms with Gasteiger partial charge in [0.2, 0.25) is 0 Å². The van der Waals surface area contributed by atoms with Crippen molar-refractivity contribution >= 4 is 37.8 Å². The van der Waals surface area contributed by atoms with Crippen LogP contribution in [0.25, 0.3) is 0 Å². The average Bonchev–Trinajstić information content (AvgIpc) is 2.39. The fraction of sp³-hybridized carbons (Fsp3) is 0.231. The molecule has 2 N–H and O–H groups in total. The second-order valence-corrected chi connectivity index (χ2v) is 6.12. The lowest BCUT2D eigenvalue weighted by Gasteiger charge is -2.31. The number of thioether (sulfide) groups is 1. The lowest BCUT2D eigenvalue weighted by Crippen LogP contribution is -2.34. The van der Waals surface area contributed by atoms with Gasteiger partial charge in [-0.1, -0.05) is 39.8 Å². The number of hydrogen-bond acceptors (Lipinski definition) is 5. The van der Waals surface area contributed by atoms with Gasteiger partial charge in [0.25, 0.3) is 0 Å². The van der Waals surface area contributed by atoms with Crippen LogP contribution in [0.2, 0.25) is 0 Å². The summed E-state index contributed by atoms with van der Waals surface area (Å²) in [7, 11) is 0. The van der Waals surface area contributed by atoms with Crippen molar-refractivity contribution in [3.05, 3.63) is 34.3 Å². The molecule has 2 unspecified atom stereocenters. The van der Waals surface area contributed by atoms with Gasteiger partial charge >= 0.3 is 0 Å². The minimum atomic E-state index is -0.662. The van der Waals surface area contributed by atoms with Gasteiger partial charge in [-0.15, -0.1) is 0 Å². The molecule has 94 valence electrons. The largest absolute Gasteiger partial charge is 0.297 e. The number of hydrogen-bond donors (Lipinski definition) is 2. The zero-order valence-corrected chi connectivity index (χ0v) is 12.1. The standard InChI is InChI=1S/C13H9BrN4S/c14-8-3-1-7(2-4-8)11-9(5-15)12(17)19-13(18)10(11)6-16/h1-4,9-11,17-18H. The number of halogens is 1. The van der Waals surface area contributed by atoms with Gasteiger partial charge in [-0.25, -0.2) is 0 Å². The van der Waals surface area contributed by atoms with Crippen molar-refractivity contribution in [3.8, 4) is 12.1 Å². The summed E-state index contributed by atoms with van der Waals surface area (Å²) in [5, 5.41) is 34.5. The highest BCUT2D eigenvalue weighted by atomic mass is 79.9. The van der Waals surface area contributed by atoms with Crippen molar-refractivity contribution in [1.82, 2.24) is 0 Å². The first-order valence-corrected chi connectivity index (χ1v) is 7.09. The summed E-state index contributed by atoms with van der Waals surface area (Å²) in [4.78, 5) is 0. The van der Waals surface area contributed by atoms with Gasteiger partial charge in [-0.3, -0.25) is 10.8 Å². The number of rotatable bonds is 1. The van der Waals surface area contributed by atoms with Gasteiger partial charge < -0.3 is 0 Å². The number of benzene rings is 1. The average molecular weight is 333 g/mol. The van der Waals surface area contributed by atoms with Gasteiger partial charge in [0.05, 0.1) is 22.2 Å². The zero-order valence-electron chi connectivity index (χ0n) is 9.72. The summed E-state index contributed by atoms with van der Waals surface area (Å²) >= 11 is 4.26. The van der Waals surface area contributed by atoms with Crippen LogP contribution in [0.3, 0.4) is 0 Å². The molecule has 0 amide bonds. The fourth-order valence-corrected chi connectivity index (χ4v) is 3.27. The fourth-order valence-electron chi connectivity index (χ4n) is 2.11. The second-order valence-electron chi connectivity index (χ2n) is 4.12. The van der Waals surface area contributed by atoms with Crippen molar-refractivity contribution < 1.29 is 0 Å². The first kappa shape index (κ1) is 13.8. The van der Waals surface area contributed by atoms with E-state index >= 15 is 0 Å². The molecule has 1 aliphatic heterocycles. The van der Waals surface area contributed by atoms with Gasteiger partial charge in [-0.2, -0.15) is 10.5 Å². The Labute approximate surface area is 123 Å². The molecule has 0 saturated carbocycles. The molecule has 1 aromatic rings. The molecule has 4 nitrogen and oxygen atoms in total. The third-order valence-corrected chi connectivity index (χ3v) is 4.51. The highest BCUT2D eigenvalue weighted by molar-refractivity contribution is 9.10. The molecule has 0 aromatic heterocycles. The molecule has 2 rings (SSSR count). The normalized spacial score (nSPS) is 26.6. The minimum absolute atomic E-state index is 0.145. The molecule has 2 atom stereocenters.